The maximum atomic E-state index is 4.93. The summed E-state index contributed by atoms with van der Waals surface area (Å²) in [4.78, 5) is 0. The molecule has 0 saturated heterocycles. The molecule has 0 bridgehead atoms. The molecule has 0 amide bonds. The molecule has 1 aliphatic rings. The molecule has 0 fully saturated rings. The zero-order valence-electron chi connectivity index (χ0n) is 23.8. The van der Waals surface area contributed by atoms with Crippen molar-refractivity contribution < 1.29 is 20.8 Å². The van der Waals surface area contributed by atoms with E-state index in [4.69, 9.17) is 17.0 Å². The van der Waals surface area contributed by atoms with Gasteiger partial charge in [0.15, 0.2) is 0 Å². The van der Waals surface area contributed by atoms with Crippen LogP contribution in [0.4, 0.5) is 0 Å². The van der Waals surface area contributed by atoms with Gasteiger partial charge in [0.25, 0.3) is 0 Å². The molecule has 5 aromatic rings. The Morgan fingerprint density at radius 3 is 2.27 bits per heavy atom. The topological polar surface area (TPSA) is 0 Å². The summed E-state index contributed by atoms with van der Waals surface area (Å²) in [5, 5.41) is 5.66. The number of halogens is 2. The van der Waals surface area contributed by atoms with Crippen LogP contribution in [-0.4, -0.2) is 9.52 Å². The van der Waals surface area contributed by atoms with Crippen LogP contribution >= 0.6 is 17.0 Å². The summed E-state index contributed by atoms with van der Waals surface area (Å²) in [6.07, 6.45) is 4.61. The molecule has 1 atom stereocenters. The molecule has 5 aromatic carbocycles. The maximum absolute atomic E-state index is 4.93. The minimum atomic E-state index is -0.826. The van der Waals surface area contributed by atoms with Gasteiger partial charge in [-0.3, -0.25) is 0 Å². The predicted molar refractivity (Wildman–Crippen MR) is 174 cm³/mol. The third-order valence-electron chi connectivity index (χ3n) is 7.70. The van der Waals surface area contributed by atoms with E-state index < -0.39 is 20.8 Å². The average Bonchev–Trinajstić information content (AvgIpc) is 3.59. The van der Waals surface area contributed by atoms with Gasteiger partial charge < -0.3 is 0 Å². The molecule has 40 heavy (non-hydrogen) atoms. The summed E-state index contributed by atoms with van der Waals surface area (Å²) in [7, 11) is 10.7. The second-order valence-electron chi connectivity index (χ2n) is 10.2. The number of benzene rings is 4. The molecule has 0 aliphatic carbocycles. The Labute approximate surface area is 262 Å². The van der Waals surface area contributed by atoms with Gasteiger partial charge in [-0.25, -0.2) is 0 Å². The summed E-state index contributed by atoms with van der Waals surface area (Å²) in [6.45, 7) is 9.14. The first kappa shape index (κ1) is 31.1. The number of fused-ring (bicyclic) bond motifs is 4. The SMILES string of the molecule is CCCc1ccc2[cH-]c(C(C)CC)cc2c1-c1ccccc1CC.[Cl][Zr+2][Cl].[c-]1cccc2c1[Si]c1ccccc1-2. The number of hydrogen-bond acceptors (Lipinski definition) is 0. The fraction of sp³-hybridized carbons (Fsp3) is 0.250. The third kappa shape index (κ3) is 7.14. The summed E-state index contributed by atoms with van der Waals surface area (Å²) in [5.74, 6) is 0.626. The Hall–Kier alpha value is -1.83. The Morgan fingerprint density at radius 2 is 1.55 bits per heavy atom. The number of aryl methyl sites for hydroxylation is 2. The van der Waals surface area contributed by atoms with Crippen LogP contribution in [0, 0.1) is 6.07 Å². The van der Waals surface area contributed by atoms with Gasteiger partial charge in [0.2, 0.25) is 0 Å². The Morgan fingerprint density at radius 1 is 0.850 bits per heavy atom. The molecular weight excluding hydrogens is 623 g/mol. The van der Waals surface area contributed by atoms with Gasteiger partial charge in [-0.15, -0.1) is 40.1 Å². The number of hydrogen-bond donors (Lipinski definition) is 0. The first-order chi connectivity index (χ1) is 19.6. The second-order valence-corrected chi connectivity index (χ2v) is 15.2. The molecule has 6 rings (SSSR count). The Bertz CT molecular complexity index is 1490. The van der Waals surface area contributed by atoms with Gasteiger partial charge in [0, 0.05) is 0 Å². The van der Waals surface area contributed by atoms with Crippen molar-refractivity contribution in [2.45, 2.75) is 59.3 Å². The van der Waals surface area contributed by atoms with Crippen LogP contribution in [0.25, 0.3) is 33.0 Å². The summed E-state index contributed by atoms with van der Waals surface area (Å²) in [6, 6.07) is 36.6. The zero-order chi connectivity index (χ0) is 28.5. The Balaban J connectivity index is 0.000000192. The van der Waals surface area contributed by atoms with Gasteiger partial charge in [-0.1, -0.05) is 111 Å². The first-order valence-electron chi connectivity index (χ1n) is 14.2. The molecule has 202 valence electrons. The van der Waals surface area contributed by atoms with E-state index in [0.717, 1.165) is 22.4 Å². The minimum absolute atomic E-state index is 0.626. The van der Waals surface area contributed by atoms with Crippen molar-refractivity contribution in [3.8, 4) is 22.3 Å². The van der Waals surface area contributed by atoms with E-state index >= 15 is 0 Å². The summed E-state index contributed by atoms with van der Waals surface area (Å²) < 4.78 is 0. The smallest absolute Gasteiger partial charge is 0.0920 e. The molecule has 0 saturated carbocycles. The quantitative estimate of drug-likeness (QED) is 0.124. The van der Waals surface area contributed by atoms with Gasteiger partial charge in [0.1, 0.15) is 0 Å². The molecule has 2 radical (unpaired) electrons. The largest absolute Gasteiger partial charge is 0.184 e. The maximum Gasteiger partial charge on any atom is 0.0920 e. The molecule has 1 unspecified atom stereocenters. The van der Waals surface area contributed by atoms with Crippen molar-refractivity contribution in [1.82, 2.24) is 0 Å². The van der Waals surface area contributed by atoms with Crippen LogP contribution in [-0.2, 0) is 33.7 Å². The summed E-state index contributed by atoms with van der Waals surface area (Å²) in [5.41, 5.74) is 10.1. The van der Waals surface area contributed by atoms with Gasteiger partial charge in [0.05, 0.1) is 9.52 Å². The monoisotopic (exact) mass is 656 g/mol. The van der Waals surface area contributed by atoms with E-state index in [2.05, 4.69) is 119 Å². The molecular formula is C36H36Cl2SiZr. The van der Waals surface area contributed by atoms with E-state index in [1.165, 1.54) is 72.9 Å². The van der Waals surface area contributed by atoms with E-state index in [1.807, 2.05) is 6.07 Å². The summed E-state index contributed by atoms with van der Waals surface area (Å²) >= 11 is -0.826. The fourth-order valence-electron chi connectivity index (χ4n) is 5.46. The molecule has 4 heteroatoms. The molecule has 0 nitrogen and oxygen atoms in total. The minimum Gasteiger partial charge on any atom is -0.184 e. The second kappa shape index (κ2) is 15.4. The van der Waals surface area contributed by atoms with E-state index in [9.17, 15) is 0 Å². The van der Waals surface area contributed by atoms with Crippen molar-refractivity contribution in [3.05, 3.63) is 114 Å². The van der Waals surface area contributed by atoms with Crippen LogP contribution in [0.15, 0.2) is 91.0 Å². The molecule has 0 aromatic heterocycles. The molecule has 1 heterocycles. The van der Waals surface area contributed by atoms with E-state index in [1.54, 1.807) is 0 Å². The first-order valence-corrected chi connectivity index (χ1v) is 21.5. The normalized spacial score (nSPS) is 11.8. The van der Waals surface area contributed by atoms with E-state index in [-0.39, 0.29) is 0 Å². The standard InChI is InChI=1S/C24H29.C12H7Si.2ClH.Zr/c1-5-10-19-13-14-20-15-21(17(4)6-2)16-23(20)24(19)22-12-9-8-11-18(22)7-3;1-3-7-11-9(5-1)10-6-2-4-8-12(10)13-11;;;/h8-9,11-17H,5-7,10H2,1-4H3;1-7H;2*1H;/q2*-1;;;+4/p-2. The predicted octanol–water partition coefficient (Wildman–Crippen LogP) is 9.75. The van der Waals surface area contributed by atoms with Gasteiger partial charge >= 0.3 is 37.9 Å². The zero-order valence-corrected chi connectivity index (χ0v) is 28.8. The van der Waals surface area contributed by atoms with Crippen molar-refractivity contribution >= 4 is 47.7 Å². The van der Waals surface area contributed by atoms with Crippen LogP contribution in [0.3, 0.4) is 0 Å². The number of rotatable bonds is 6. The van der Waals surface area contributed by atoms with Crippen LogP contribution in [0.2, 0.25) is 0 Å². The van der Waals surface area contributed by atoms with Crippen LogP contribution < -0.4 is 10.4 Å². The van der Waals surface area contributed by atoms with Crippen LogP contribution in [0.5, 0.6) is 0 Å². The van der Waals surface area contributed by atoms with Crippen molar-refractivity contribution in [3.63, 3.8) is 0 Å². The molecule has 0 spiro atoms. The molecule has 1 aliphatic heterocycles. The average molecular weight is 659 g/mol. The van der Waals surface area contributed by atoms with E-state index in [0.29, 0.717) is 5.92 Å². The van der Waals surface area contributed by atoms with Crippen molar-refractivity contribution in [2.24, 2.45) is 0 Å². The Kier molecular flexibility index (Phi) is 12.0. The van der Waals surface area contributed by atoms with Gasteiger partial charge in [-0.05, 0) is 29.9 Å². The third-order valence-corrected chi connectivity index (χ3v) is 9.07. The molecule has 0 N–H and O–H groups in total. The van der Waals surface area contributed by atoms with Crippen LogP contribution in [0.1, 0.15) is 63.1 Å². The van der Waals surface area contributed by atoms with Crippen molar-refractivity contribution in [2.75, 3.05) is 0 Å². The van der Waals surface area contributed by atoms with Gasteiger partial charge in [-0.2, -0.15) is 35.5 Å². The fourth-order valence-corrected chi connectivity index (χ4v) is 6.77. The van der Waals surface area contributed by atoms with Crippen molar-refractivity contribution in [1.29, 1.82) is 0 Å².